The highest BCUT2D eigenvalue weighted by atomic mass is 19.4. The van der Waals surface area contributed by atoms with Crippen molar-refractivity contribution < 1.29 is 37.4 Å². The van der Waals surface area contributed by atoms with E-state index in [-0.39, 0.29) is 25.0 Å². The minimum atomic E-state index is -4.96. The molecule has 1 atom stereocenters. The maximum Gasteiger partial charge on any atom is 0.458 e. The van der Waals surface area contributed by atoms with Gasteiger partial charge in [-0.15, -0.1) is 0 Å². The number of fused-ring (bicyclic) bond motifs is 1. The molecule has 0 aromatic heterocycles. The number of ether oxygens (including phenoxy) is 2. The van der Waals surface area contributed by atoms with Gasteiger partial charge >= 0.3 is 12.0 Å². The van der Waals surface area contributed by atoms with Crippen LogP contribution in [0, 0.1) is 0 Å². The molecule has 2 aromatic carbocycles. The van der Waals surface area contributed by atoms with Gasteiger partial charge in [0.1, 0.15) is 0 Å². The van der Waals surface area contributed by atoms with E-state index in [2.05, 4.69) is 15.3 Å². The predicted molar refractivity (Wildman–Crippen MR) is 93.4 cm³/mol. The van der Waals surface area contributed by atoms with Crippen LogP contribution in [0.25, 0.3) is 0 Å². The van der Waals surface area contributed by atoms with Crippen molar-refractivity contribution >= 4 is 11.6 Å². The molecule has 1 amide bonds. The monoisotopic (exact) mass is 408 g/mol. The van der Waals surface area contributed by atoms with E-state index in [4.69, 9.17) is 9.47 Å². The molecule has 7 nitrogen and oxygen atoms in total. The van der Waals surface area contributed by atoms with E-state index in [0.717, 1.165) is 0 Å². The first-order valence-electron chi connectivity index (χ1n) is 8.56. The van der Waals surface area contributed by atoms with Gasteiger partial charge in [0.15, 0.2) is 11.5 Å². The third kappa shape index (κ3) is 3.70. The fourth-order valence-electron chi connectivity index (χ4n) is 2.91. The van der Waals surface area contributed by atoms with Crippen LogP contribution in [0.15, 0.2) is 47.6 Å². The first kappa shape index (κ1) is 19.1. The Balaban J connectivity index is 1.42. The van der Waals surface area contributed by atoms with Crippen LogP contribution in [0.5, 0.6) is 11.5 Å². The smallest absolute Gasteiger partial charge is 0.454 e. The fourth-order valence-corrected chi connectivity index (χ4v) is 2.91. The summed E-state index contributed by atoms with van der Waals surface area (Å²) in [5, 5.41) is 15.7. The third-order valence-corrected chi connectivity index (χ3v) is 4.50. The lowest BCUT2D eigenvalue weighted by molar-refractivity contribution is -0.355. The highest BCUT2D eigenvalue weighted by Crippen LogP contribution is 2.39. The zero-order valence-corrected chi connectivity index (χ0v) is 14.8. The second-order valence-electron chi connectivity index (χ2n) is 6.54. The normalized spacial score (nSPS) is 20.2. The number of nitrogens with zero attached hydrogens (tertiary/aromatic N) is 1. The zero-order chi connectivity index (χ0) is 20.6. The van der Waals surface area contributed by atoms with E-state index in [1.165, 1.54) is 0 Å². The molecule has 0 saturated carbocycles. The van der Waals surface area contributed by atoms with Crippen molar-refractivity contribution in [3.8, 4) is 11.5 Å². The molecule has 2 heterocycles. The molecule has 0 spiro atoms. The number of aliphatic hydroxyl groups is 1. The number of nitrogens with one attached hydrogen (secondary N) is 1. The number of hydrogen-bond acceptors (Lipinski definition) is 6. The molecule has 2 aliphatic rings. The van der Waals surface area contributed by atoms with Gasteiger partial charge in [0.2, 0.25) is 6.79 Å². The summed E-state index contributed by atoms with van der Waals surface area (Å²) in [6, 6.07) is 11.2. The maximum atomic E-state index is 12.9. The number of hydrogen-bond donors (Lipinski definition) is 2. The van der Waals surface area contributed by atoms with Crippen molar-refractivity contribution in [2.75, 3.05) is 6.79 Å². The molecule has 1 unspecified atom stereocenters. The second kappa shape index (κ2) is 6.96. The summed E-state index contributed by atoms with van der Waals surface area (Å²) < 4.78 is 49.0. The molecule has 2 aromatic rings. The van der Waals surface area contributed by atoms with Crippen molar-refractivity contribution in [1.29, 1.82) is 0 Å². The van der Waals surface area contributed by atoms with E-state index in [1.54, 1.807) is 42.5 Å². The Labute approximate surface area is 162 Å². The zero-order valence-electron chi connectivity index (χ0n) is 14.8. The fraction of sp³-hybridized carbons (Fsp3) is 0.263. The summed E-state index contributed by atoms with van der Waals surface area (Å²) in [6.45, 7) is 0.239. The van der Waals surface area contributed by atoms with E-state index < -0.39 is 18.4 Å². The van der Waals surface area contributed by atoms with Gasteiger partial charge in [0, 0.05) is 12.1 Å². The van der Waals surface area contributed by atoms with E-state index in [9.17, 15) is 23.1 Å². The molecule has 0 saturated heterocycles. The number of carbonyl (C=O) groups excluding carboxylic acids is 1. The van der Waals surface area contributed by atoms with Crippen LogP contribution < -0.4 is 14.8 Å². The topological polar surface area (TPSA) is 89.4 Å². The molecule has 2 aliphatic heterocycles. The van der Waals surface area contributed by atoms with Crippen LogP contribution in [-0.2, 0) is 11.4 Å². The molecule has 152 valence electrons. The number of amides is 1. The summed E-state index contributed by atoms with van der Waals surface area (Å²) in [5.41, 5.74) is 1.35. The molecule has 10 heteroatoms. The van der Waals surface area contributed by atoms with Gasteiger partial charge < -0.3 is 24.7 Å². The summed E-state index contributed by atoms with van der Waals surface area (Å²) in [5.74, 6) is -2.63. The van der Waals surface area contributed by atoms with E-state index >= 15 is 0 Å². The number of oxime groups is 1. The summed E-state index contributed by atoms with van der Waals surface area (Å²) in [6.07, 6.45) is -5.78. The number of benzene rings is 2. The van der Waals surface area contributed by atoms with Crippen molar-refractivity contribution in [2.24, 2.45) is 5.16 Å². The lowest BCUT2D eigenvalue weighted by atomic mass is 10.0. The largest absolute Gasteiger partial charge is 0.458 e. The van der Waals surface area contributed by atoms with E-state index in [1.807, 2.05) is 0 Å². The molecule has 0 radical (unpaired) electrons. The number of rotatable bonds is 4. The Bertz CT molecular complexity index is 992. The molecule has 2 N–H and O–H groups in total. The maximum absolute atomic E-state index is 12.9. The Morgan fingerprint density at radius 3 is 2.72 bits per heavy atom. The van der Waals surface area contributed by atoms with Crippen molar-refractivity contribution in [1.82, 2.24) is 5.32 Å². The summed E-state index contributed by atoms with van der Waals surface area (Å²) in [7, 11) is 0. The average molecular weight is 408 g/mol. The van der Waals surface area contributed by atoms with Crippen molar-refractivity contribution in [3.63, 3.8) is 0 Å². The van der Waals surface area contributed by atoms with Gasteiger partial charge in [-0.25, -0.2) is 0 Å². The van der Waals surface area contributed by atoms with Crippen molar-refractivity contribution in [3.05, 3.63) is 59.2 Å². The third-order valence-electron chi connectivity index (χ3n) is 4.50. The van der Waals surface area contributed by atoms with Gasteiger partial charge in [-0.1, -0.05) is 23.4 Å². The van der Waals surface area contributed by atoms with Crippen LogP contribution in [-0.4, -0.2) is 35.5 Å². The van der Waals surface area contributed by atoms with Crippen LogP contribution >= 0.6 is 0 Å². The van der Waals surface area contributed by atoms with E-state index in [0.29, 0.717) is 28.2 Å². The summed E-state index contributed by atoms with van der Waals surface area (Å²) >= 11 is 0. The molecule has 4 rings (SSSR count). The predicted octanol–water partition coefficient (Wildman–Crippen LogP) is 2.72. The first-order valence-corrected chi connectivity index (χ1v) is 8.56. The van der Waals surface area contributed by atoms with Gasteiger partial charge in [0.25, 0.3) is 5.91 Å². The van der Waals surface area contributed by atoms with Crippen molar-refractivity contribution in [2.45, 2.75) is 24.9 Å². The summed E-state index contributed by atoms with van der Waals surface area (Å²) in [4.78, 5) is 16.6. The first-order chi connectivity index (χ1) is 13.7. The average Bonchev–Trinajstić information content (AvgIpc) is 3.32. The van der Waals surface area contributed by atoms with Gasteiger partial charge in [-0.05, 0) is 35.4 Å². The number of alkyl halides is 3. The van der Waals surface area contributed by atoms with Crippen LogP contribution in [0.3, 0.4) is 0 Å². The SMILES string of the molecule is O=C(NCc1cccc(C2=NOC(O)(C(F)(F)F)C2)c1)c1ccc2c(c1)OCO2. The van der Waals surface area contributed by atoms with Gasteiger partial charge in [-0.2, -0.15) is 13.2 Å². The molecular weight excluding hydrogens is 393 g/mol. The van der Waals surface area contributed by atoms with Gasteiger partial charge in [0.05, 0.1) is 12.1 Å². The molecule has 0 aliphatic carbocycles. The minimum Gasteiger partial charge on any atom is -0.454 e. The number of carbonyl (C=O) groups is 1. The standard InChI is InChI=1S/C19H15F3N2O5/c20-19(21,22)18(26)8-14(24-29-18)12-3-1-2-11(6-12)9-23-17(25)13-4-5-15-16(7-13)28-10-27-15/h1-7,26H,8-10H2,(H,23,25). The quantitative estimate of drug-likeness (QED) is 0.812. The Kier molecular flexibility index (Phi) is 4.58. The second-order valence-corrected chi connectivity index (χ2v) is 6.54. The molecule has 29 heavy (non-hydrogen) atoms. The Morgan fingerprint density at radius 2 is 1.97 bits per heavy atom. The molecule has 0 bridgehead atoms. The number of halogens is 3. The van der Waals surface area contributed by atoms with Crippen LogP contribution in [0.4, 0.5) is 13.2 Å². The molecular formula is C19H15F3N2O5. The van der Waals surface area contributed by atoms with Gasteiger partial charge in [-0.3, -0.25) is 4.79 Å². The highest BCUT2D eigenvalue weighted by Gasteiger charge is 2.60. The lowest BCUT2D eigenvalue weighted by Crippen LogP contribution is -2.45. The van der Waals surface area contributed by atoms with Crippen LogP contribution in [0.2, 0.25) is 0 Å². The molecule has 0 fully saturated rings. The Hall–Kier alpha value is -3.27. The highest BCUT2D eigenvalue weighted by molar-refractivity contribution is 6.01. The van der Waals surface area contributed by atoms with Crippen LogP contribution in [0.1, 0.15) is 27.9 Å². The Morgan fingerprint density at radius 1 is 1.17 bits per heavy atom. The lowest BCUT2D eigenvalue weighted by Gasteiger charge is -2.22. The minimum absolute atomic E-state index is 0.0335.